The molecule has 1 aliphatic rings. The maximum absolute atomic E-state index is 12.3. The number of hydrogen-bond donors (Lipinski definition) is 1. The first-order valence-electron chi connectivity index (χ1n) is 8.01. The van der Waals surface area contributed by atoms with Crippen LogP contribution >= 0.6 is 0 Å². The third kappa shape index (κ3) is 4.33. The lowest BCUT2D eigenvalue weighted by Crippen LogP contribution is -2.44. The van der Waals surface area contributed by atoms with E-state index >= 15 is 0 Å². The largest absolute Gasteiger partial charge is 0.476 e. The Balaban J connectivity index is 2.02. The highest BCUT2D eigenvalue weighted by molar-refractivity contribution is 5.84. The molecule has 0 aromatic carbocycles. The molecule has 132 valence electrons. The standard InChI is InChI=1S/C16H24N4O4/c1-5-20(15(23)24-16(2,3)4)11-6-7-19(10-11)13-9-17-12(8-18-13)14(21)22/h8-9,11H,5-7,10H2,1-4H3,(H,21,22). The van der Waals surface area contributed by atoms with Gasteiger partial charge in [0.15, 0.2) is 5.69 Å². The highest BCUT2D eigenvalue weighted by atomic mass is 16.6. The fourth-order valence-electron chi connectivity index (χ4n) is 2.66. The number of carbonyl (C=O) groups is 2. The normalized spacial score (nSPS) is 17.7. The molecule has 0 aliphatic carbocycles. The first kappa shape index (κ1) is 18.0. The minimum atomic E-state index is -1.10. The van der Waals surface area contributed by atoms with Crippen LogP contribution in [-0.2, 0) is 4.74 Å². The maximum Gasteiger partial charge on any atom is 0.410 e. The SMILES string of the molecule is CCN(C(=O)OC(C)(C)C)C1CCN(c2cnc(C(=O)O)cn2)C1. The topological polar surface area (TPSA) is 95.9 Å². The van der Waals surface area contributed by atoms with E-state index in [-0.39, 0.29) is 17.8 Å². The molecule has 0 radical (unpaired) electrons. The van der Waals surface area contributed by atoms with Crippen molar-refractivity contribution in [2.24, 2.45) is 0 Å². The minimum absolute atomic E-state index is 0.0331. The molecule has 1 aliphatic heterocycles. The van der Waals surface area contributed by atoms with Crippen molar-refractivity contribution in [1.29, 1.82) is 0 Å². The molecule has 1 amide bonds. The summed E-state index contributed by atoms with van der Waals surface area (Å²) in [6.07, 6.45) is 3.19. The molecule has 1 aromatic rings. The lowest BCUT2D eigenvalue weighted by atomic mass is 10.2. The molecule has 1 atom stereocenters. The fraction of sp³-hybridized carbons (Fsp3) is 0.625. The third-order valence-corrected chi connectivity index (χ3v) is 3.75. The van der Waals surface area contributed by atoms with Gasteiger partial charge < -0.3 is 19.6 Å². The van der Waals surface area contributed by atoms with Crippen LogP contribution in [0.15, 0.2) is 12.4 Å². The van der Waals surface area contributed by atoms with Crippen LogP contribution in [0.5, 0.6) is 0 Å². The molecule has 0 spiro atoms. The first-order chi connectivity index (χ1) is 11.2. The van der Waals surface area contributed by atoms with Crippen molar-refractivity contribution in [2.45, 2.75) is 45.8 Å². The number of hydrogen-bond acceptors (Lipinski definition) is 6. The van der Waals surface area contributed by atoms with Crippen molar-refractivity contribution in [1.82, 2.24) is 14.9 Å². The molecule has 1 N–H and O–H groups in total. The zero-order valence-corrected chi connectivity index (χ0v) is 14.5. The third-order valence-electron chi connectivity index (χ3n) is 3.75. The average Bonchev–Trinajstić information content (AvgIpc) is 2.96. The Hall–Kier alpha value is -2.38. The van der Waals surface area contributed by atoms with E-state index in [2.05, 4.69) is 9.97 Å². The zero-order chi connectivity index (χ0) is 17.9. The number of amides is 1. The van der Waals surface area contributed by atoms with E-state index in [4.69, 9.17) is 9.84 Å². The molecule has 1 aromatic heterocycles. The number of aromatic nitrogens is 2. The summed E-state index contributed by atoms with van der Waals surface area (Å²) in [5.74, 6) is -0.488. The van der Waals surface area contributed by atoms with Gasteiger partial charge in [0, 0.05) is 19.6 Å². The van der Waals surface area contributed by atoms with Gasteiger partial charge in [0.1, 0.15) is 11.4 Å². The average molecular weight is 336 g/mol. The molecule has 2 heterocycles. The summed E-state index contributed by atoms with van der Waals surface area (Å²) in [6, 6.07) is 0.0331. The second kappa shape index (κ2) is 7.02. The van der Waals surface area contributed by atoms with E-state index in [0.29, 0.717) is 18.9 Å². The Labute approximate surface area is 141 Å². The molecule has 0 bridgehead atoms. The van der Waals surface area contributed by atoms with Gasteiger partial charge in [-0.3, -0.25) is 0 Å². The number of nitrogens with zero attached hydrogens (tertiary/aromatic N) is 4. The zero-order valence-electron chi connectivity index (χ0n) is 14.5. The number of carboxylic acids is 1. The number of ether oxygens (including phenoxy) is 1. The number of rotatable bonds is 4. The maximum atomic E-state index is 12.3. The molecule has 0 saturated carbocycles. The summed E-state index contributed by atoms with van der Waals surface area (Å²) in [5, 5.41) is 8.87. The van der Waals surface area contributed by atoms with E-state index in [1.54, 1.807) is 4.90 Å². The molecule has 8 nitrogen and oxygen atoms in total. The summed E-state index contributed by atoms with van der Waals surface area (Å²) < 4.78 is 5.46. The van der Waals surface area contributed by atoms with E-state index < -0.39 is 11.6 Å². The number of aromatic carboxylic acids is 1. The molecular weight excluding hydrogens is 312 g/mol. The Morgan fingerprint density at radius 3 is 2.58 bits per heavy atom. The van der Waals surface area contributed by atoms with Crippen LogP contribution in [0.2, 0.25) is 0 Å². The van der Waals surface area contributed by atoms with E-state index in [0.717, 1.165) is 13.0 Å². The van der Waals surface area contributed by atoms with Gasteiger partial charge in [-0.25, -0.2) is 19.6 Å². The predicted molar refractivity (Wildman–Crippen MR) is 88.2 cm³/mol. The van der Waals surface area contributed by atoms with Crippen LogP contribution in [0.4, 0.5) is 10.6 Å². The summed E-state index contributed by atoms with van der Waals surface area (Å²) in [6.45, 7) is 9.38. The quantitative estimate of drug-likeness (QED) is 0.898. The van der Waals surface area contributed by atoms with Crippen LogP contribution < -0.4 is 4.90 Å². The number of likely N-dealkylation sites (N-methyl/N-ethyl adjacent to an activating group) is 1. The predicted octanol–water partition coefficient (Wildman–Crippen LogP) is 2.01. The van der Waals surface area contributed by atoms with Crippen LogP contribution in [0, 0.1) is 0 Å². The second-order valence-corrected chi connectivity index (χ2v) is 6.72. The molecule has 1 fully saturated rings. The smallest absolute Gasteiger partial charge is 0.410 e. The van der Waals surface area contributed by atoms with Crippen molar-refractivity contribution >= 4 is 17.9 Å². The molecule has 1 saturated heterocycles. The van der Waals surface area contributed by atoms with Crippen molar-refractivity contribution in [3.63, 3.8) is 0 Å². The van der Waals surface area contributed by atoms with Crippen LogP contribution in [-0.4, -0.2) is 63.3 Å². The molecule has 8 heteroatoms. The van der Waals surface area contributed by atoms with E-state index in [1.807, 2.05) is 32.6 Å². The van der Waals surface area contributed by atoms with E-state index in [1.165, 1.54) is 12.4 Å². The van der Waals surface area contributed by atoms with Crippen LogP contribution in [0.25, 0.3) is 0 Å². The fourth-order valence-corrected chi connectivity index (χ4v) is 2.66. The van der Waals surface area contributed by atoms with Gasteiger partial charge in [0.05, 0.1) is 18.4 Å². The monoisotopic (exact) mass is 336 g/mol. The van der Waals surface area contributed by atoms with Crippen molar-refractivity contribution in [3.05, 3.63) is 18.1 Å². The number of carbonyl (C=O) groups excluding carboxylic acids is 1. The Morgan fingerprint density at radius 1 is 1.38 bits per heavy atom. The Kier molecular flexibility index (Phi) is 5.26. The van der Waals surface area contributed by atoms with Gasteiger partial charge in [0.2, 0.25) is 0 Å². The van der Waals surface area contributed by atoms with Crippen LogP contribution in [0.1, 0.15) is 44.6 Å². The number of anilines is 1. The Morgan fingerprint density at radius 2 is 2.08 bits per heavy atom. The van der Waals surface area contributed by atoms with E-state index in [9.17, 15) is 9.59 Å². The molecule has 2 rings (SSSR count). The van der Waals surface area contributed by atoms with Gasteiger partial charge in [-0.2, -0.15) is 0 Å². The summed E-state index contributed by atoms with van der Waals surface area (Å²) in [4.78, 5) is 34.9. The summed E-state index contributed by atoms with van der Waals surface area (Å²) in [7, 11) is 0. The lowest BCUT2D eigenvalue weighted by molar-refractivity contribution is 0.0190. The summed E-state index contributed by atoms with van der Waals surface area (Å²) >= 11 is 0. The second-order valence-electron chi connectivity index (χ2n) is 6.72. The highest BCUT2D eigenvalue weighted by Gasteiger charge is 2.33. The van der Waals surface area contributed by atoms with Gasteiger partial charge in [-0.15, -0.1) is 0 Å². The highest BCUT2D eigenvalue weighted by Crippen LogP contribution is 2.22. The van der Waals surface area contributed by atoms with Gasteiger partial charge in [0.25, 0.3) is 0 Å². The summed E-state index contributed by atoms with van der Waals surface area (Å²) in [5.41, 5.74) is -0.612. The van der Waals surface area contributed by atoms with Crippen LogP contribution in [0.3, 0.4) is 0 Å². The van der Waals surface area contributed by atoms with Crippen molar-refractivity contribution in [3.8, 4) is 0 Å². The van der Waals surface area contributed by atoms with Crippen molar-refractivity contribution in [2.75, 3.05) is 24.5 Å². The first-order valence-corrected chi connectivity index (χ1v) is 8.01. The number of carboxylic acid groups (broad SMARTS) is 1. The molecule has 24 heavy (non-hydrogen) atoms. The van der Waals surface area contributed by atoms with Gasteiger partial charge in [-0.05, 0) is 34.1 Å². The van der Waals surface area contributed by atoms with Crippen molar-refractivity contribution < 1.29 is 19.4 Å². The Bertz CT molecular complexity index is 597. The lowest BCUT2D eigenvalue weighted by Gasteiger charge is -2.30. The molecular formula is C16H24N4O4. The molecule has 1 unspecified atom stereocenters. The van der Waals surface area contributed by atoms with Gasteiger partial charge >= 0.3 is 12.1 Å². The minimum Gasteiger partial charge on any atom is -0.476 e. The van der Waals surface area contributed by atoms with Gasteiger partial charge in [-0.1, -0.05) is 0 Å².